The zero-order valence-corrected chi connectivity index (χ0v) is 16.3. The number of hydrogen-bond acceptors (Lipinski definition) is 3. The molecule has 140 valence electrons. The maximum Gasteiger partial charge on any atom is 0.251 e. The molecule has 1 aliphatic heterocycles. The Morgan fingerprint density at radius 2 is 1.88 bits per heavy atom. The zero-order valence-electron chi connectivity index (χ0n) is 15.5. The van der Waals surface area contributed by atoms with Crippen LogP contribution in [0, 0.1) is 5.92 Å². The van der Waals surface area contributed by atoms with Crippen LogP contribution in [0.4, 0.5) is 0 Å². The number of hydrogen-bond donors (Lipinski definition) is 2. The van der Waals surface area contributed by atoms with Gasteiger partial charge in [-0.3, -0.25) is 14.5 Å². The summed E-state index contributed by atoms with van der Waals surface area (Å²) in [4.78, 5) is 26.2. The van der Waals surface area contributed by atoms with Crippen LogP contribution in [0.5, 0.6) is 0 Å². The first-order valence-electron chi connectivity index (χ1n) is 8.61. The lowest BCUT2D eigenvalue weighted by atomic mass is 9.96. The standard InChI is InChI=1S/C19H30ClN3O2/c1-6-16(11-14(2)20)18(25)21-12-15-7-9-23(10-8-15)13-17(24)22-19(3,4)5/h6,11,15H,1-2,7-10,12-13H2,3-5H3,(H,21,25)(H,22,24)/b16-11+. The first-order chi connectivity index (χ1) is 11.6. The number of piperidine rings is 1. The summed E-state index contributed by atoms with van der Waals surface area (Å²) in [5.74, 6) is 0.279. The van der Waals surface area contributed by atoms with Gasteiger partial charge in [0, 0.05) is 22.7 Å². The van der Waals surface area contributed by atoms with Crippen LogP contribution in [0.15, 0.2) is 35.9 Å². The maximum atomic E-state index is 12.1. The van der Waals surface area contributed by atoms with Crippen LogP contribution < -0.4 is 10.6 Å². The number of carbonyl (C=O) groups excluding carboxylic acids is 2. The lowest BCUT2D eigenvalue weighted by Crippen LogP contribution is -2.48. The van der Waals surface area contributed by atoms with Crippen molar-refractivity contribution in [1.82, 2.24) is 15.5 Å². The molecule has 0 saturated carbocycles. The predicted octanol–water partition coefficient (Wildman–Crippen LogP) is 2.59. The first kappa shape index (κ1) is 21.5. The fraction of sp³-hybridized carbons (Fsp3) is 0.579. The van der Waals surface area contributed by atoms with Crippen molar-refractivity contribution in [3.8, 4) is 0 Å². The number of carbonyl (C=O) groups is 2. The number of allylic oxidation sites excluding steroid dienone is 2. The second-order valence-corrected chi connectivity index (χ2v) is 7.96. The fourth-order valence-electron chi connectivity index (χ4n) is 2.73. The summed E-state index contributed by atoms with van der Waals surface area (Å²) in [6.07, 6.45) is 4.89. The van der Waals surface area contributed by atoms with E-state index in [-0.39, 0.29) is 17.4 Å². The van der Waals surface area contributed by atoms with Crippen molar-refractivity contribution in [3.05, 3.63) is 35.9 Å². The Hall–Kier alpha value is -1.59. The molecule has 0 aliphatic carbocycles. The minimum absolute atomic E-state index is 0.0568. The van der Waals surface area contributed by atoms with Gasteiger partial charge in [-0.1, -0.05) is 30.8 Å². The average molecular weight is 368 g/mol. The summed E-state index contributed by atoms with van der Waals surface area (Å²) in [5, 5.41) is 6.20. The normalized spacial score (nSPS) is 17.0. The van der Waals surface area contributed by atoms with E-state index in [2.05, 4.69) is 28.7 Å². The maximum absolute atomic E-state index is 12.1. The molecule has 0 aromatic rings. The predicted molar refractivity (Wildman–Crippen MR) is 103 cm³/mol. The lowest BCUT2D eigenvalue weighted by molar-refractivity contribution is -0.124. The molecule has 0 unspecified atom stereocenters. The highest BCUT2D eigenvalue weighted by molar-refractivity contribution is 6.31. The van der Waals surface area contributed by atoms with E-state index in [4.69, 9.17) is 11.6 Å². The molecule has 0 aromatic carbocycles. The van der Waals surface area contributed by atoms with Gasteiger partial charge in [0.05, 0.1) is 6.54 Å². The molecular weight excluding hydrogens is 338 g/mol. The van der Waals surface area contributed by atoms with Gasteiger partial charge in [-0.25, -0.2) is 0 Å². The molecule has 0 bridgehead atoms. The molecule has 1 aliphatic rings. The van der Waals surface area contributed by atoms with E-state index in [1.807, 2.05) is 20.8 Å². The molecule has 0 radical (unpaired) electrons. The van der Waals surface area contributed by atoms with Crippen LogP contribution >= 0.6 is 11.6 Å². The molecule has 1 saturated heterocycles. The topological polar surface area (TPSA) is 61.4 Å². The summed E-state index contributed by atoms with van der Waals surface area (Å²) in [6.45, 7) is 15.9. The van der Waals surface area contributed by atoms with Crippen molar-refractivity contribution in [2.45, 2.75) is 39.2 Å². The van der Waals surface area contributed by atoms with Gasteiger partial charge in [-0.15, -0.1) is 0 Å². The zero-order chi connectivity index (χ0) is 19.0. The summed E-state index contributed by atoms with van der Waals surface area (Å²) in [7, 11) is 0. The molecule has 6 heteroatoms. The van der Waals surface area contributed by atoms with Crippen LogP contribution in [0.25, 0.3) is 0 Å². The van der Waals surface area contributed by atoms with Crippen molar-refractivity contribution in [2.24, 2.45) is 5.92 Å². The second-order valence-electron chi connectivity index (χ2n) is 7.48. The molecule has 1 fully saturated rings. The van der Waals surface area contributed by atoms with Crippen LogP contribution in [0.3, 0.4) is 0 Å². The van der Waals surface area contributed by atoms with Crippen LogP contribution in [0.2, 0.25) is 0 Å². The second kappa shape index (κ2) is 9.78. The van der Waals surface area contributed by atoms with Crippen LogP contribution in [0.1, 0.15) is 33.6 Å². The van der Waals surface area contributed by atoms with E-state index in [0.717, 1.165) is 25.9 Å². The third kappa shape index (κ3) is 8.89. The molecule has 0 spiro atoms. The molecule has 5 nitrogen and oxygen atoms in total. The largest absolute Gasteiger partial charge is 0.352 e. The van der Waals surface area contributed by atoms with Gasteiger partial charge in [0.2, 0.25) is 5.91 Å². The molecule has 2 N–H and O–H groups in total. The fourth-order valence-corrected chi connectivity index (χ4v) is 2.85. The monoisotopic (exact) mass is 367 g/mol. The Morgan fingerprint density at radius 3 is 2.36 bits per heavy atom. The highest BCUT2D eigenvalue weighted by Gasteiger charge is 2.23. The van der Waals surface area contributed by atoms with Crippen LogP contribution in [-0.2, 0) is 9.59 Å². The minimum atomic E-state index is -0.204. The smallest absolute Gasteiger partial charge is 0.251 e. The minimum Gasteiger partial charge on any atom is -0.352 e. The van der Waals surface area contributed by atoms with Gasteiger partial charge in [0.15, 0.2) is 0 Å². The Morgan fingerprint density at radius 1 is 1.28 bits per heavy atom. The molecule has 25 heavy (non-hydrogen) atoms. The van der Waals surface area contributed by atoms with Gasteiger partial charge in [-0.05, 0) is 58.7 Å². The summed E-state index contributed by atoms with van der Waals surface area (Å²) >= 11 is 5.70. The van der Waals surface area contributed by atoms with Crippen molar-refractivity contribution < 1.29 is 9.59 Å². The van der Waals surface area contributed by atoms with E-state index in [1.54, 1.807) is 0 Å². The number of halogens is 1. The SMILES string of the molecule is C=C/C(=C\C(=C)Cl)C(=O)NCC1CCN(CC(=O)NC(C)(C)C)CC1. The molecule has 0 aromatic heterocycles. The molecule has 2 amide bonds. The Bertz CT molecular complexity index is 541. The van der Waals surface area contributed by atoms with Crippen molar-refractivity contribution >= 4 is 23.4 Å². The van der Waals surface area contributed by atoms with E-state index in [9.17, 15) is 9.59 Å². The third-order valence-electron chi connectivity index (χ3n) is 3.93. The summed E-state index contributed by atoms with van der Waals surface area (Å²) in [6, 6.07) is 0. The number of nitrogens with one attached hydrogen (secondary N) is 2. The Kier molecular flexibility index (Phi) is 8.39. The average Bonchev–Trinajstić information content (AvgIpc) is 2.49. The van der Waals surface area contributed by atoms with Gasteiger partial charge in [0.25, 0.3) is 5.91 Å². The van der Waals surface area contributed by atoms with Gasteiger partial charge >= 0.3 is 0 Å². The van der Waals surface area contributed by atoms with Gasteiger partial charge in [-0.2, -0.15) is 0 Å². The third-order valence-corrected chi connectivity index (χ3v) is 4.04. The van der Waals surface area contributed by atoms with E-state index in [0.29, 0.717) is 29.6 Å². The lowest BCUT2D eigenvalue weighted by Gasteiger charge is -2.32. The molecule has 1 heterocycles. The van der Waals surface area contributed by atoms with E-state index >= 15 is 0 Å². The Labute approximate surface area is 156 Å². The molecule has 1 rings (SSSR count). The number of amides is 2. The summed E-state index contributed by atoms with van der Waals surface area (Å²) < 4.78 is 0. The van der Waals surface area contributed by atoms with E-state index < -0.39 is 0 Å². The molecular formula is C19H30ClN3O2. The summed E-state index contributed by atoms with van der Waals surface area (Å²) in [5.41, 5.74) is 0.209. The quantitative estimate of drug-likeness (QED) is 0.537. The number of nitrogens with zero attached hydrogens (tertiary/aromatic N) is 1. The highest BCUT2D eigenvalue weighted by Crippen LogP contribution is 2.16. The van der Waals surface area contributed by atoms with E-state index in [1.165, 1.54) is 12.2 Å². The van der Waals surface area contributed by atoms with Crippen molar-refractivity contribution in [2.75, 3.05) is 26.2 Å². The van der Waals surface area contributed by atoms with Crippen LogP contribution in [-0.4, -0.2) is 48.4 Å². The van der Waals surface area contributed by atoms with Gasteiger partial charge in [0.1, 0.15) is 0 Å². The first-order valence-corrected chi connectivity index (χ1v) is 8.98. The highest BCUT2D eigenvalue weighted by atomic mass is 35.5. The molecule has 0 atom stereocenters. The van der Waals surface area contributed by atoms with Crippen molar-refractivity contribution in [3.63, 3.8) is 0 Å². The number of likely N-dealkylation sites (tertiary alicyclic amines) is 1. The van der Waals surface area contributed by atoms with Crippen molar-refractivity contribution in [1.29, 1.82) is 0 Å². The Balaban J connectivity index is 2.35. The van der Waals surface area contributed by atoms with Gasteiger partial charge < -0.3 is 10.6 Å². The number of rotatable bonds is 7.